The Morgan fingerprint density at radius 1 is 1.37 bits per heavy atom. The predicted octanol–water partition coefficient (Wildman–Crippen LogP) is 1.47. The van der Waals surface area contributed by atoms with Crippen LogP contribution in [0.15, 0.2) is 24.3 Å². The summed E-state index contributed by atoms with van der Waals surface area (Å²) in [7, 11) is 0. The summed E-state index contributed by atoms with van der Waals surface area (Å²) in [6, 6.07) is 6.40. The van der Waals surface area contributed by atoms with Gasteiger partial charge in [-0.25, -0.2) is 4.79 Å². The molecule has 1 rings (SSSR count). The molecule has 0 aliphatic carbocycles. The van der Waals surface area contributed by atoms with Crippen LogP contribution in [0, 0.1) is 0 Å². The van der Waals surface area contributed by atoms with Crippen molar-refractivity contribution in [3.63, 3.8) is 0 Å². The molecule has 0 aliphatic heterocycles. The molecule has 0 aliphatic rings. The molecule has 6 nitrogen and oxygen atoms in total. The van der Waals surface area contributed by atoms with Crippen molar-refractivity contribution in [2.75, 3.05) is 25.1 Å². The number of benzene rings is 1. The number of aliphatic carboxylic acids is 1. The van der Waals surface area contributed by atoms with Gasteiger partial charge in [-0.05, 0) is 24.6 Å². The average molecular weight is 266 g/mol. The van der Waals surface area contributed by atoms with Gasteiger partial charge in [-0.15, -0.1) is 0 Å². The minimum Gasteiger partial charge on any atom is -0.481 e. The van der Waals surface area contributed by atoms with Crippen LogP contribution in [-0.4, -0.2) is 36.9 Å². The van der Waals surface area contributed by atoms with Crippen molar-refractivity contribution in [2.45, 2.75) is 13.3 Å². The highest BCUT2D eigenvalue weighted by molar-refractivity contribution is 5.89. The largest absolute Gasteiger partial charge is 0.481 e. The third kappa shape index (κ3) is 6.42. The lowest BCUT2D eigenvalue weighted by molar-refractivity contribution is -0.136. The summed E-state index contributed by atoms with van der Waals surface area (Å²) in [5, 5.41) is 14.0. The summed E-state index contributed by atoms with van der Waals surface area (Å²) in [4.78, 5) is 22.1. The second-order valence-electron chi connectivity index (χ2n) is 3.85. The Bertz CT molecular complexity index is 434. The van der Waals surface area contributed by atoms with Crippen molar-refractivity contribution < 1.29 is 19.4 Å². The normalized spacial score (nSPS) is 9.95. The molecular formula is C13H18N2O4. The number of carbonyl (C=O) groups excluding carboxylic acids is 1. The first-order valence-corrected chi connectivity index (χ1v) is 6.05. The highest BCUT2D eigenvalue weighted by Crippen LogP contribution is 2.11. The van der Waals surface area contributed by atoms with E-state index >= 15 is 0 Å². The number of amides is 2. The lowest BCUT2D eigenvalue weighted by atomic mass is 10.1. The standard InChI is InChI=1S/C13H18N2O4/c1-2-19-7-6-14-13(18)15-11-5-3-4-10(8-11)9-12(16)17/h3-5,8H,2,6-7,9H2,1H3,(H,16,17)(H2,14,15,18). The van der Waals surface area contributed by atoms with E-state index in [0.29, 0.717) is 31.0 Å². The molecule has 0 bridgehead atoms. The van der Waals surface area contributed by atoms with Crippen LogP contribution in [-0.2, 0) is 16.0 Å². The fourth-order valence-electron chi connectivity index (χ4n) is 1.49. The highest BCUT2D eigenvalue weighted by Gasteiger charge is 2.04. The number of anilines is 1. The third-order valence-corrected chi connectivity index (χ3v) is 2.28. The van der Waals surface area contributed by atoms with E-state index < -0.39 is 5.97 Å². The van der Waals surface area contributed by atoms with E-state index in [0.717, 1.165) is 0 Å². The van der Waals surface area contributed by atoms with Gasteiger partial charge in [0.2, 0.25) is 0 Å². The average Bonchev–Trinajstić information content (AvgIpc) is 2.34. The zero-order chi connectivity index (χ0) is 14.1. The molecule has 1 aromatic carbocycles. The van der Waals surface area contributed by atoms with Gasteiger partial charge in [0.25, 0.3) is 0 Å². The topological polar surface area (TPSA) is 87.7 Å². The SMILES string of the molecule is CCOCCNC(=O)Nc1cccc(CC(=O)O)c1. The van der Waals surface area contributed by atoms with E-state index in [-0.39, 0.29) is 12.5 Å². The Kier molecular flexibility index (Phi) is 6.38. The van der Waals surface area contributed by atoms with Crippen LogP contribution >= 0.6 is 0 Å². The lowest BCUT2D eigenvalue weighted by Gasteiger charge is -2.08. The molecule has 0 aromatic heterocycles. The number of carboxylic acids is 1. The first-order valence-electron chi connectivity index (χ1n) is 6.05. The van der Waals surface area contributed by atoms with Crippen LogP contribution in [0.25, 0.3) is 0 Å². The fraction of sp³-hybridized carbons (Fsp3) is 0.385. The Hall–Kier alpha value is -2.08. The minimum atomic E-state index is -0.904. The summed E-state index contributed by atoms with van der Waals surface area (Å²) in [6.07, 6.45) is -0.0680. The van der Waals surface area contributed by atoms with Crippen molar-refractivity contribution in [1.82, 2.24) is 5.32 Å². The maximum atomic E-state index is 11.5. The predicted molar refractivity (Wildman–Crippen MR) is 71.3 cm³/mol. The van der Waals surface area contributed by atoms with E-state index in [2.05, 4.69) is 10.6 Å². The quantitative estimate of drug-likeness (QED) is 0.652. The molecule has 0 unspecified atom stereocenters. The summed E-state index contributed by atoms with van der Waals surface area (Å²) in [5.74, 6) is -0.904. The third-order valence-electron chi connectivity index (χ3n) is 2.28. The number of urea groups is 1. The smallest absolute Gasteiger partial charge is 0.319 e. The zero-order valence-corrected chi connectivity index (χ0v) is 10.8. The minimum absolute atomic E-state index is 0.0680. The zero-order valence-electron chi connectivity index (χ0n) is 10.8. The first kappa shape index (κ1) is 15.0. The summed E-state index contributed by atoms with van der Waals surface area (Å²) < 4.78 is 5.09. The van der Waals surface area contributed by atoms with Gasteiger partial charge in [0.05, 0.1) is 13.0 Å². The molecule has 0 saturated carbocycles. The van der Waals surface area contributed by atoms with Crippen LogP contribution in [0.2, 0.25) is 0 Å². The number of carboxylic acid groups (broad SMARTS) is 1. The van der Waals surface area contributed by atoms with Gasteiger partial charge in [-0.2, -0.15) is 0 Å². The Morgan fingerprint density at radius 3 is 2.84 bits per heavy atom. The molecule has 19 heavy (non-hydrogen) atoms. The van der Waals surface area contributed by atoms with Gasteiger partial charge in [0.1, 0.15) is 0 Å². The Balaban J connectivity index is 2.43. The number of hydrogen-bond donors (Lipinski definition) is 3. The molecule has 2 amide bonds. The van der Waals surface area contributed by atoms with Gasteiger partial charge in [-0.3, -0.25) is 4.79 Å². The molecule has 104 valence electrons. The van der Waals surface area contributed by atoms with Crippen LogP contribution < -0.4 is 10.6 Å². The molecular weight excluding hydrogens is 248 g/mol. The number of hydrogen-bond acceptors (Lipinski definition) is 3. The van der Waals surface area contributed by atoms with Gasteiger partial charge in [0.15, 0.2) is 0 Å². The lowest BCUT2D eigenvalue weighted by Crippen LogP contribution is -2.31. The fourth-order valence-corrected chi connectivity index (χ4v) is 1.49. The van der Waals surface area contributed by atoms with Crippen molar-refractivity contribution in [1.29, 1.82) is 0 Å². The van der Waals surface area contributed by atoms with Crippen molar-refractivity contribution in [3.05, 3.63) is 29.8 Å². The van der Waals surface area contributed by atoms with E-state index in [4.69, 9.17) is 9.84 Å². The Morgan fingerprint density at radius 2 is 2.16 bits per heavy atom. The van der Waals surface area contributed by atoms with Crippen molar-refractivity contribution >= 4 is 17.7 Å². The van der Waals surface area contributed by atoms with Gasteiger partial charge < -0.3 is 20.5 Å². The first-order chi connectivity index (χ1) is 9.11. The molecule has 0 fully saturated rings. The number of carbonyl (C=O) groups is 2. The van der Waals surface area contributed by atoms with Crippen LogP contribution in [0.4, 0.5) is 10.5 Å². The maximum absolute atomic E-state index is 11.5. The van der Waals surface area contributed by atoms with E-state index in [1.54, 1.807) is 24.3 Å². The van der Waals surface area contributed by atoms with E-state index in [9.17, 15) is 9.59 Å². The molecule has 0 saturated heterocycles. The van der Waals surface area contributed by atoms with Crippen LogP contribution in [0.3, 0.4) is 0 Å². The van der Waals surface area contributed by atoms with Crippen LogP contribution in [0.1, 0.15) is 12.5 Å². The molecule has 0 spiro atoms. The van der Waals surface area contributed by atoms with Gasteiger partial charge >= 0.3 is 12.0 Å². The van der Waals surface area contributed by atoms with Gasteiger partial charge in [-0.1, -0.05) is 12.1 Å². The Labute approximate surface area is 111 Å². The molecule has 0 radical (unpaired) electrons. The second-order valence-corrected chi connectivity index (χ2v) is 3.85. The number of nitrogens with one attached hydrogen (secondary N) is 2. The van der Waals surface area contributed by atoms with Gasteiger partial charge in [0, 0.05) is 18.8 Å². The molecule has 1 aromatic rings. The van der Waals surface area contributed by atoms with Crippen molar-refractivity contribution in [2.24, 2.45) is 0 Å². The second kappa shape index (κ2) is 8.10. The molecule has 6 heteroatoms. The van der Waals surface area contributed by atoms with Crippen molar-refractivity contribution in [3.8, 4) is 0 Å². The molecule has 0 atom stereocenters. The monoisotopic (exact) mass is 266 g/mol. The maximum Gasteiger partial charge on any atom is 0.319 e. The van der Waals surface area contributed by atoms with E-state index in [1.807, 2.05) is 6.92 Å². The summed E-state index contributed by atoms with van der Waals surface area (Å²) in [5.41, 5.74) is 1.20. The molecule has 3 N–H and O–H groups in total. The summed E-state index contributed by atoms with van der Waals surface area (Å²) in [6.45, 7) is 3.38. The number of rotatable bonds is 7. The highest BCUT2D eigenvalue weighted by atomic mass is 16.5. The van der Waals surface area contributed by atoms with E-state index in [1.165, 1.54) is 0 Å². The summed E-state index contributed by atoms with van der Waals surface area (Å²) >= 11 is 0. The molecule has 0 heterocycles. The van der Waals surface area contributed by atoms with Crippen LogP contribution in [0.5, 0.6) is 0 Å². The number of ether oxygens (including phenoxy) is 1.